The Morgan fingerprint density at radius 2 is 1.93 bits per heavy atom. The topological polar surface area (TPSA) is 91.5 Å². The van der Waals surface area contributed by atoms with Gasteiger partial charge in [-0.3, -0.25) is 9.59 Å². The van der Waals surface area contributed by atoms with Crippen LogP contribution in [0.25, 0.3) is 10.4 Å². The SMILES string of the molecule is CCOC(=O)[C@@H]1CC[C@H](NCc2ccc(-c3cccc([C@@H](C)NC(=O)c4cc(NC5CNC5)ccc4C)c3)s2)C1. The zero-order valence-electron chi connectivity index (χ0n) is 23.6. The van der Waals surface area contributed by atoms with Gasteiger partial charge in [0.05, 0.1) is 24.6 Å². The Hall–Kier alpha value is -3.20. The van der Waals surface area contributed by atoms with E-state index in [1.54, 1.807) is 11.3 Å². The van der Waals surface area contributed by atoms with Crippen molar-refractivity contribution in [2.24, 2.45) is 5.92 Å². The zero-order chi connectivity index (χ0) is 28.1. The number of benzene rings is 2. The molecule has 3 atom stereocenters. The van der Waals surface area contributed by atoms with E-state index in [0.717, 1.165) is 61.3 Å². The van der Waals surface area contributed by atoms with Crippen LogP contribution in [0.3, 0.4) is 0 Å². The van der Waals surface area contributed by atoms with Crippen LogP contribution in [0.2, 0.25) is 0 Å². The fraction of sp³-hybridized carbons (Fsp3) is 0.438. The molecule has 1 saturated carbocycles. The average Bonchev–Trinajstić information content (AvgIpc) is 3.61. The van der Waals surface area contributed by atoms with Crippen molar-refractivity contribution in [3.05, 3.63) is 76.2 Å². The van der Waals surface area contributed by atoms with Crippen molar-refractivity contribution in [1.82, 2.24) is 16.0 Å². The molecule has 0 radical (unpaired) electrons. The summed E-state index contributed by atoms with van der Waals surface area (Å²) in [5, 5.41) is 13.6. The minimum absolute atomic E-state index is 0.0240. The highest BCUT2D eigenvalue weighted by molar-refractivity contribution is 7.15. The number of hydrogen-bond acceptors (Lipinski definition) is 7. The van der Waals surface area contributed by atoms with E-state index in [2.05, 4.69) is 57.7 Å². The molecule has 3 aromatic rings. The van der Waals surface area contributed by atoms with Crippen LogP contribution in [0.4, 0.5) is 5.69 Å². The molecule has 4 N–H and O–H groups in total. The van der Waals surface area contributed by atoms with Gasteiger partial charge in [-0.1, -0.05) is 24.3 Å². The maximum absolute atomic E-state index is 13.2. The lowest BCUT2D eigenvalue weighted by molar-refractivity contribution is -0.147. The molecule has 5 rings (SSSR count). The third kappa shape index (κ3) is 6.92. The van der Waals surface area contributed by atoms with E-state index >= 15 is 0 Å². The van der Waals surface area contributed by atoms with E-state index < -0.39 is 0 Å². The summed E-state index contributed by atoms with van der Waals surface area (Å²) in [6.07, 6.45) is 2.75. The third-order valence-corrected chi connectivity index (χ3v) is 9.07. The maximum Gasteiger partial charge on any atom is 0.308 e. The number of rotatable bonds is 11. The number of nitrogens with one attached hydrogen (secondary N) is 4. The van der Waals surface area contributed by atoms with Crippen LogP contribution in [0.15, 0.2) is 54.6 Å². The van der Waals surface area contributed by atoms with Crippen molar-refractivity contribution < 1.29 is 14.3 Å². The van der Waals surface area contributed by atoms with Gasteiger partial charge in [0.1, 0.15) is 0 Å². The Kier molecular flexibility index (Phi) is 9.19. The number of ether oxygens (including phenoxy) is 1. The highest BCUT2D eigenvalue weighted by Crippen LogP contribution is 2.31. The van der Waals surface area contributed by atoms with Gasteiger partial charge >= 0.3 is 5.97 Å². The van der Waals surface area contributed by atoms with Crippen LogP contribution in [-0.2, 0) is 16.1 Å². The second kappa shape index (κ2) is 13.0. The molecular formula is C32H40N4O3S. The Morgan fingerprint density at radius 3 is 2.70 bits per heavy atom. The maximum atomic E-state index is 13.2. The van der Waals surface area contributed by atoms with Gasteiger partial charge in [0.25, 0.3) is 5.91 Å². The molecule has 2 heterocycles. The number of hydrogen-bond donors (Lipinski definition) is 4. The van der Waals surface area contributed by atoms with Crippen molar-refractivity contribution in [1.29, 1.82) is 0 Å². The quantitative estimate of drug-likeness (QED) is 0.234. The summed E-state index contributed by atoms with van der Waals surface area (Å²) in [5.41, 5.74) is 4.86. The molecule has 8 heteroatoms. The van der Waals surface area contributed by atoms with Crippen LogP contribution in [-0.4, -0.2) is 43.7 Å². The van der Waals surface area contributed by atoms with Gasteiger partial charge in [-0.15, -0.1) is 11.3 Å². The lowest BCUT2D eigenvalue weighted by atomic mass is 10.0. The highest BCUT2D eigenvalue weighted by atomic mass is 32.1. The van der Waals surface area contributed by atoms with Gasteiger partial charge in [0.2, 0.25) is 0 Å². The number of thiophene rings is 1. The molecule has 2 aliphatic rings. The van der Waals surface area contributed by atoms with Gasteiger partial charge < -0.3 is 26.0 Å². The Morgan fingerprint density at radius 1 is 1.07 bits per heavy atom. The summed E-state index contributed by atoms with van der Waals surface area (Å²) in [5.74, 6) is -0.0961. The molecule has 2 fully saturated rings. The molecule has 40 heavy (non-hydrogen) atoms. The average molecular weight is 561 g/mol. The summed E-state index contributed by atoms with van der Waals surface area (Å²) in [6, 6.07) is 19.4. The zero-order valence-corrected chi connectivity index (χ0v) is 24.4. The van der Waals surface area contributed by atoms with Gasteiger partial charge in [0, 0.05) is 46.7 Å². The van der Waals surface area contributed by atoms with E-state index in [0.29, 0.717) is 24.3 Å². The summed E-state index contributed by atoms with van der Waals surface area (Å²) >= 11 is 1.78. The normalized spacial score (nSPS) is 19.6. The van der Waals surface area contributed by atoms with E-state index in [-0.39, 0.29) is 23.8 Å². The van der Waals surface area contributed by atoms with Crippen LogP contribution in [0.1, 0.15) is 65.5 Å². The minimum Gasteiger partial charge on any atom is -0.466 e. The van der Waals surface area contributed by atoms with Gasteiger partial charge in [-0.25, -0.2) is 0 Å². The van der Waals surface area contributed by atoms with Gasteiger partial charge in [0.15, 0.2) is 0 Å². The molecule has 1 aliphatic heterocycles. The molecule has 7 nitrogen and oxygen atoms in total. The van der Waals surface area contributed by atoms with Crippen molar-refractivity contribution in [2.75, 3.05) is 25.0 Å². The molecule has 1 aromatic heterocycles. The smallest absolute Gasteiger partial charge is 0.308 e. The van der Waals surface area contributed by atoms with E-state index in [9.17, 15) is 9.59 Å². The predicted octanol–water partition coefficient (Wildman–Crippen LogP) is 5.42. The molecule has 0 bridgehead atoms. The number of carbonyl (C=O) groups excluding carboxylic acids is 2. The Balaban J connectivity index is 1.17. The molecule has 212 valence electrons. The first-order valence-electron chi connectivity index (χ1n) is 14.4. The van der Waals surface area contributed by atoms with Crippen LogP contribution in [0, 0.1) is 12.8 Å². The van der Waals surface area contributed by atoms with E-state index in [1.807, 2.05) is 39.0 Å². The van der Waals surface area contributed by atoms with Crippen molar-refractivity contribution in [2.45, 2.75) is 64.7 Å². The van der Waals surface area contributed by atoms with Gasteiger partial charge in [-0.2, -0.15) is 0 Å². The molecule has 1 saturated heterocycles. The van der Waals surface area contributed by atoms with Crippen molar-refractivity contribution in [3.63, 3.8) is 0 Å². The van der Waals surface area contributed by atoms with E-state index in [1.165, 1.54) is 9.75 Å². The Labute approximate surface area is 241 Å². The molecular weight excluding hydrogens is 520 g/mol. The first-order valence-corrected chi connectivity index (χ1v) is 15.2. The summed E-state index contributed by atoms with van der Waals surface area (Å²) < 4.78 is 5.20. The monoisotopic (exact) mass is 560 g/mol. The molecule has 1 amide bonds. The van der Waals surface area contributed by atoms with Crippen LogP contribution >= 0.6 is 11.3 Å². The number of amides is 1. The van der Waals surface area contributed by atoms with Crippen LogP contribution in [0.5, 0.6) is 0 Å². The first kappa shape index (κ1) is 28.3. The predicted molar refractivity (Wildman–Crippen MR) is 162 cm³/mol. The standard InChI is InChI=1S/C32H40N4O3S/c1-4-39-32(38)24-9-11-25(15-24)34-19-28-12-13-30(40-28)23-7-5-6-22(14-23)21(3)35-31(37)29-16-26(10-8-20(29)2)36-27-17-33-18-27/h5-8,10,12-14,16,21,24-25,27,33-34,36H,4,9,11,15,17-19H2,1-3H3,(H,35,37)/t21-,24-,25+/m1/s1. The number of aryl methyl sites for hydroxylation is 1. The summed E-state index contributed by atoms with van der Waals surface area (Å²) in [4.78, 5) is 27.7. The lowest BCUT2D eigenvalue weighted by Gasteiger charge is -2.29. The molecule has 1 aliphatic carbocycles. The fourth-order valence-electron chi connectivity index (χ4n) is 5.42. The summed E-state index contributed by atoms with van der Waals surface area (Å²) in [7, 11) is 0. The van der Waals surface area contributed by atoms with Crippen LogP contribution < -0.4 is 21.3 Å². The number of esters is 1. The number of anilines is 1. The third-order valence-electron chi connectivity index (χ3n) is 7.93. The summed E-state index contributed by atoms with van der Waals surface area (Å²) in [6.45, 7) is 9.00. The molecule has 0 spiro atoms. The number of carbonyl (C=O) groups is 2. The molecule has 0 unspecified atom stereocenters. The fourth-order valence-corrected chi connectivity index (χ4v) is 6.37. The Bertz CT molecular complexity index is 1340. The second-order valence-electron chi connectivity index (χ2n) is 11.0. The largest absolute Gasteiger partial charge is 0.466 e. The first-order chi connectivity index (χ1) is 19.4. The second-order valence-corrected chi connectivity index (χ2v) is 12.1. The van der Waals surface area contributed by atoms with Crippen molar-refractivity contribution in [3.8, 4) is 10.4 Å². The van der Waals surface area contributed by atoms with Crippen molar-refractivity contribution >= 4 is 28.9 Å². The van der Waals surface area contributed by atoms with E-state index in [4.69, 9.17) is 4.74 Å². The van der Waals surface area contributed by atoms with Gasteiger partial charge in [-0.05, 0) is 87.1 Å². The lowest BCUT2D eigenvalue weighted by Crippen LogP contribution is -2.51. The minimum atomic E-state index is -0.130. The molecule has 2 aromatic carbocycles. The highest BCUT2D eigenvalue weighted by Gasteiger charge is 2.30.